The minimum Gasteiger partial charge on any atom is -0.394 e. The van der Waals surface area contributed by atoms with Crippen molar-refractivity contribution in [3.8, 4) is 11.8 Å². The predicted octanol–water partition coefficient (Wildman–Crippen LogP) is 0.120. The molecule has 0 bridgehead atoms. The summed E-state index contributed by atoms with van der Waals surface area (Å²) in [5.41, 5.74) is 0.724. The number of hydrogen-bond acceptors (Lipinski definition) is 6. The molecule has 0 radical (unpaired) electrons. The van der Waals surface area contributed by atoms with Gasteiger partial charge in [0.2, 0.25) is 0 Å². The zero-order valence-corrected chi connectivity index (χ0v) is 18.8. The second-order valence-corrected chi connectivity index (χ2v) is 7.66. The minimum atomic E-state index is -1.85. The Labute approximate surface area is 192 Å². The number of carbonyl (C=O) groups excluding carboxylic acids is 3. The molecule has 0 saturated carbocycles. The van der Waals surface area contributed by atoms with Crippen LogP contribution >= 0.6 is 0 Å². The molecule has 8 heteroatoms. The quantitative estimate of drug-likeness (QED) is 0.333. The Hall–Kier alpha value is -3.51. The molecular weight excluding hydrogens is 424 g/mol. The van der Waals surface area contributed by atoms with E-state index in [1.807, 2.05) is 24.3 Å². The third kappa shape index (κ3) is 6.05. The van der Waals surface area contributed by atoms with Crippen molar-refractivity contribution in [2.75, 3.05) is 27.3 Å². The van der Waals surface area contributed by atoms with Crippen LogP contribution in [0.4, 0.5) is 0 Å². The number of ketones is 1. The molecule has 0 saturated heterocycles. The summed E-state index contributed by atoms with van der Waals surface area (Å²) in [6.45, 7) is 0.121. The van der Waals surface area contributed by atoms with Crippen molar-refractivity contribution >= 4 is 17.6 Å². The van der Waals surface area contributed by atoms with Crippen molar-refractivity contribution in [1.82, 2.24) is 10.2 Å². The summed E-state index contributed by atoms with van der Waals surface area (Å²) in [6, 6.07) is 13.7. The first-order valence-electron chi connectivity index (χ1n) is 10.3. The summed E-state index contributed by atoms with van der Waals surface area (Å²) in [7, 11) is 2.69. The van der Waals surface area contributed by atoms with Gasteiger partial charge in [0.25, 0.3) is 11.8 Å². The van der Waals surface area contributed by atoms with Gasteiger partial charge in [-0.3, -0.25) is 14.4 Å². The maximum Gasteiger partial charge on any atom is 0.254 e. The van der Waals surface area contributed by atoms with Crippen molar-refractivity contribution in [3.63, 3.8) is 0 Å². The second-order valence-electron chi connectivity index (χ2n) is 7.66. The molecule has 8 nitrogen and oxygen atoms in total. The molecule has 2 amide bonds. The highest BCUT2D eigenvalue weighted by molar-refractivity contribution is 6.14. The van der Waals surface area contributed by atoms with Crippen molar-refractivity contribution in [1.29, 1.82) is 0 Å². The zero-order chi connectivity index (χ0) is 24.6. The van der Waals surface area contributed by atoms with Gasteiger partial charge < -0.3 is 25.5 Å². The van der Waals surface area contributed by atoms with E-state index in [0.717, 1.165) is 16.0 Å². The molecular formula is C25H28N2O6. The fraction of sp³-hybridized carbons (Fsp3) is 0.320. The van der Waals surface area contributed by atoms with Crippen LogP contribution in [-0.4, -0.2) is 76.8 Å². The van der Waals surface area contributed by atoms with Crippen LogP contribution in [0.2, 0.25) is 0 Å². The minimum absolute atomic E-state index is 0.260. The van der Waals surface area contributed by atoms with Gasteiger partial charge in [-0.15, -0.1) is 0 Å². The average molecular weight is 453 g/mol. The van der Waals surface area contributed by atoms with Gasteiger partial charge in [0.1, 0.15) is 6.61 Å². The summed E-state index contributed by atoms with van der Waals surface area (Å²) in [4.78, 5) is 38.4. The molecule has 4 N–H and O–H groups in total. The molecule has 1 unspecified atom stereocenters. The van der Waals surface area contributed by atoms with E-state index in [1.54, 1.807) is 24.3 Å². The van der Waals surface area contributed by atoms with Crippen LogP contribution in [0, 0.1) is 11.8 Å². The lowest BCUT2D eigenvalue weighted by molar-refractivity contribution is -0.143. The molecule has 2 atom stereocenters. The molecule has 0 aromatic heterocycles. The summed E-state index contributed by atoms with van der Waals surface area (Å²) in [5, 5.41) is 30.0. The predicted molar refractivity (Wildman–Crippen MR) is 122 cm³/mol. The maximum absolute atomic E-state index is 12.9. The highest BCUT2D eigenvalue weighted by atomic mass is 16.3. The number of aliphatic hydroxyl groups is 3. The third-order valence-electron chi connectivity index (χ3n) is 5.45. The van der Waals surface area contributed by atoms with E-state index in [-0.39, 0.29) is 12.2 Å². The standard InChI is InChI=1S/C25H28N2O6/c1-25(22(31)16-29,24(33)26-2)27(3)23(32)20-12-10-18(11-13-20)5-4-17-6-8-19(9-7-17)14-21(30)15-28/h6-13,21,28-30H,14-16H2,1-3H3,(H,26,33)/t21?,25-/m1/s1. The molecule has 2 rings (SSSR count). The van der Waals surface area contributed by atoms with E-state index in [4.69, 9.17) is 5.11 Å². The van der Waals surface area contributed by atoms with Gasteiger partial charge in [-0.25, -0.2) is 0 Å². The summed E-state index contributed by atoms with van der Waals surface area (Å²) in [6.07, 6.45) is -0.435. The van der Waals surface area contributed by atoms with Gasteiger partial charge >= 0.3 is 0 Å². The Kier molecular flexibility index (Phi) is 8.88. The van der Waals surface area contributed by atoms with E-state index in [0.29, 0.717) is 12.0 Å². The highest BCUT2D eigenvalue weighted by Crippen LogP contribution is 2.19. The topological polar surface area (TPSA) is 127 Å². The number of hydrogen-bond donors (Lipinski definition) is 4. The molecule has 2 aromatic carbocycles. The number of likely N-dealkylation sites (N-methyl/N-ethyl adjacent to an activating group) is 2. The Bertz CT molecular complexity index is 1040. The lowest BCUT2D eigenvalue weighted by Crippen LogP contribution is -2.62. The largest absolute Gasteiger partial charge is 0.394 e. The first kappa shape index (κ1) is 25.7. The maximum atomic E-state index is 12.9. The molecule has 174 valence electrons. The van der Waals surface area contributed by atoms with Gasteiger partial charge in [-0.05, 0) is 48.9 Å². The number of aliphatic hydroxyl groups excluding tert-OH is 3. The van der Waals surface area contributed by atoms with Gasteiger partial charge in [0.15, 0.2) is 11.3 Å². The van der Waals surface area contributed by atoms with E-state index in [2.05, 4.69) is 17.2 Å². The van der Waals surface area contributed by atoms with Crippen molar-refractivity contribution in [3.05, 3.63) is 70.8 Å². The third-order valence-corrected chi connectivity index (χ3v) is 5.45. The van der Waals surface area contributed by atoms with Crippen LogP contribution in [0.3, 0.4) is 0 Å². The molecule has 2 aromatic rings. The van der Waals surface area contributed by atoms with E-state index < -0.39 is 35.8 Å². The number of carbonyl (C=O) groups is 3. The smallest absolute Gasteiger partial charge is 0.254 e. The van der Waals surface area contributed by atoms with Gasteiger partial charge in [-0.1, -0.05) is 24.0 Å². The monoisotopic (exact) mass is 452 g/mol. The summed E-state index contributed by atoms with van der Waals surface area (Å²) >= 11 is 0. The molecule has 0 aliphatic carbocycles. The first-order valence-corrected chi connectivity index (χ1v) is 10.3. The van der Waals surface area contributed by atoms with Crippen molar-refractivity contribution in [2.24, 2.45) is 0 Å². The Balaban J connectivity index is 2.16. The average Bonchev–Trinajstić information content (AvgIpc) is 2.85. The number of Topliss-reactive ketones (excluding diaryl/α,β-unsaturated/α-hetero) is 1. The van der Waals surface area contributed by atoms with E-state index in [9.17, 15) is 24.6 Å². The van der Waals surface area contributed by atoms with Crippen LogP contribution in [0.5, 0.6) is 0 Å². The van der Waals surface area contributed by atoms with Crippen LogP contribution in [0.15, 0.2) is 48.5 Å². The Morgan fingerprint density at radius 3 is 1.97 bits per heavy atom. The number of amides is 2. The highest BCUT2D eigenvalue weighted by Gasteiger charge is 2.46. The fourth-order valence-electron chi connectivity index (χ4n) is 3.16. The van der Waals surface area contributed by atoms with E-state index >= 15 is 0 Å². The Morgan fingerprint density at radius 1 is 1.00 bits per heavy atom. The zero-order valence-electron chi connectivity index (χ0n) is 18.8. The van der Waals surface area contributed by atoms with E-state index in [1.165, 1.54) is 21.0 Å². The number of nitrogens with zero attached hydrogens (tertiary/aromatic N) is 1. The molecule has 0 aliphatic rings. The van der Waals surface area contributed by atoms with Crippen molar-refractivity contribution < 1.29 is 29.7 Å². The lowest BCUT2D eigenvalue weighted by atomic mass is 9.92. The van der Waals surface area contributed by atoms with Gasteiger partial charge in [0, 0.05) is 37.2 Å². The van der Waals surface area contributed by atoms with Crippen molar-refractivity contribution in [2.45, 2.75) is 25.0 Å². The Morgan fingerprint density at radius 2 is 1.52 bits per heavy atom. The summed E-state index contributed by atoms with van der Waals surface area (Å²) < 4.78 is 0. The number of nitrogens with one attached hydrogen (secondary N) is 1. The van der Waals surface area contributed by atoms with Crippen LogP contribution in [-0.2, 0) is 16.0 Å². The summed E-state index contributed by atoms with van der Waals surface area (Å²) in [5.74, 6) is 3.97. The van der Waals surface area contributed by atoms with Gasteiger partial charge in [-0.2, -0.15) is 0 Å². The molecule has 33 heavy (non-hydrogen) atoms. The lowest BCUT2D eigenvalue weighted by Gasteiger charge is -2.35. The second kappa shape index (κ2) is 11.4. The number of rotatable bonds is 8. The molecule has 0 fully saturated rings. The SMILES string of the molecule is CNC(=O)[C@@](C)(C(=O)CO)N(C)C(=O)c1ccc(C#Cc2ccc(CC(O)CO)cc2)cc1. The fourth-order valence-corrected chi connectivity index (χ4v) is 3.16. The normalized spacial score (nSPS) is 13.2. The van der Waals surface area contributed by atoms with Gasteiger partial charge in [0.05, 0.1) is 12.7 Å². The first-order chi connectivity index (χ1) is 15.7. The molecule has 0 spiro atoms. The molecule has 0 heterocycles. The molecule has 0 aliphatic heterocycles. The van der Waals surface area contributed by atoms with Crippen LogP contribution in [0.1, 0.15) is 34.0 Å². The van der Waals surface area contributed by atoms with Crippen LogP contribution in [0.25, 0.3) is 0 Å². The number of benzene rings is 2. The van der Waals surface area contributed by atoms with Crippen LogP contribution < -0.4 is 5.32 Å².